The fourth-order valence-electron chi connectivity index (χ4n) is 1.96. The number of aliphatic carboxylic acids is 2. The number of carbonyl (C=O) groups is 2. The third kappa shape index (κ3) is 8.26. The Balaban J connectivity index is 3.94. The minimum atomic E-state index is -0.772. The molecule has 1 unspecified atom stereocenters. The zero-order valence-electron chi connectivity index (χ0n) is 10.3. The van der Waals surface area contributed by atoms with Crippen LogP contribution in [0.2, 0.25) is 0 Å². The van der Waals surface area contributed by atoms with Crippen LogP contribution in [0, 0.1) is 11.3 Å². The maximum absolute atomic E-state index is 10.5. The van der Waals surface area contributed by atoms with Crippen LogP contribution in [0.3, 0.4) is 0 Å². The molecule has 0 bridgehead atoms. The van der Waals surface area contributed by atoms with E-state index in [-0.39, 0.29) is 18.3 Å². The lowest BCUT2D eigenvalue weighted by molar-refractivity contribution is -0.138. The van der Waals surface area contributed by atoms with Crippen LogP contribution in [0.25, 0.3) is 0 Å². The molecule has 0 aromatic heterocycles. The van der Waals surface area contributed by atoms with Crippen LogP contribution in [0.4, 0.5) is 0 Å². The summed E-state index contributed by atoms with van der Waals surface area (Å²) in [4.78, 5) is 20.9. The molecule has 0 aromatic carbocycles. The highest BCUT2D eigenvalue weighted by atomic mass is 16.4. The van der Waals surface area contributed by atoms with Gasteiger partial charge in [-0.25, -0.2) is 0 Å². The molecule has 0 spiro atoms. The lowest BCUT2D eigenvalue weighted by Gasteiger charge is -2.27. The van der Waals surface area contributed by atoms with Crippen LogP contribution in [0.1, 0.15) is 52.9 Å². The smallest absolute Gasteiger partial charge is 0.303 e. The van der Waals surface area contributed by atoms with Gasteiger partial charge in [-0.05, 0) is 30.6 Å². The van der Waals surface area contributed by atoms with Gasteiger partial charge in [0.1, 0.15) is 0 Å². The normalized spacial score (nSPS) is 13.4. The van der Waals surface area contributed by atoms with Gasteiger partial charge in [0.25, 0.3) is 0 Å². The topological polar surface area (TPSA) is 74.6 Å². The quantitative estimate of drug-likeness (QED) is 0.672. The molecule has 2 N–H and O–H groups in total. The number of hydrogen-bond acceptors (Lipinski definition) is 2. The lowest BCUT2D eigenvalue weighted by atomic mass is 9.78. The summed E-state index contributed by atoms with van der Waals surface area (Å²) in [7, 11) is 0. The summed E-state index contributed by atoms with van der Waals surface area (Å²) >= 11 is 0. The van der Waals surface area contributed by atoms with Gasteiger partial charge in [-0.1, -0.05) is 20.8 Å². The standard InChI is InChI=1S/C12H22O4/c1-9(4-5-10(13)14)8-12(2,3)7-6-11(15)16/h9H,4-8H2,1-3H3,(H,13,14)(H,15,16). The number of rotatable bonds is 8. The second kappa shape index (κ2) is 6.51. The van der Waals surface area contributed by atoms with Crippen molar-refractivity contribution in [2.24, 2.45) is 11.3 Å². The Kier molecular flexibility index (Phi) is 6.08. The molecule has 94 valence electrons. The maximum Gasteiger partial charge on any atom is 0.303 e. The van der Waals surface area contributed by atoms with E-state index < -0.39 is 11.9 Å². The molecular formula is C12H22O4. The Morgan fingerprint density at radius 2 is 1.62 bits per heavy atom. The fraction of sp³-hybridized carbons (Fsp3) is 0.833. The second-order valence-corrected chi connectivity index (χ2v) is 5.30. The summed E-state index contributed by atoms with van der Waals surface area (Å²) in [5.41, 5.74) is -0.0314. The van der Waals surface area contributed by atoms with E-state index >= 15 is 0 Å². The number of hydrogen-bond donors (Lipinski definition) is 2. The summed E-state index contributed by atoms with van der Waals surface area (Å²) in [6.07, 6.45) is 2.54. The van der Waals surface area contributed by atoms with E-state index in [9.17, 15) is 9.59 Å². The highest BCUT2D eigenvalue weighted by Gasteiger charge is 2.22. The third-order valence-electron chi connectivity index (χ3n) is 2.77. The first kappa shape index (κ1) is 14.9. The lowest BCUT2D eigenvalue weighted by Crippen LogP contribution is -2.18. The van der Waals surface area contributed by atoms with Crippen molar-refractivity contribution in [3.05, 3.63) is 0 Å². The van der Waals surface area contributed by atoms with E-state index in [2.05, 4.69) is 0 Å². The molecule has 0 aromatic rings. The van der Waals surface area contributed by atoms with Crippen LogP contribution in [0.15, 0.2) is 0 Å². The Morgan fingerprint density at radius 3 is 2.06 bits per heavy atom. The van der Waals surface area contributed by atoms with Gasteiger partial charge in [-0.2, -0.15) is 0 Å². The minimum absolute atomic E-state index is 0.0314. The van der Waals surface area contributed by atoms with E-state index in [1.54, 1.807) is 0 Å². The highest BCUT2D eigenvalue weighted by Crippen LogP contribution is 2.32. The summed E-state index contributed by atoms with van der Waals surface area (Å²) < 4.78 is 0. The van der Waals surface area contributed by atoms with Crippen molar-refractivity contribution in [3.8, 4) is 0 Å². The van der Waals surface area contributed by atoms with Gasteiger partial charge in [-0.3, -0.25) is 9.59 Å². The molecule has 0 heterocycles. The zero-order valence-corrected chi connectivity index (χ0v) is 10.3. The van der Waals surface area contributed by atoms with Crippen molar-refractivity contribution in [2.75, 3.05) is 0 Å². The van der Waals surface area contributed by atoms with Gasteiger partial charge in [0.15, 0.2) is 0 Å². The molecular weight excluding hydrogens is 208 g/mol. The monoisotopic (exact) mass is 230 g/mol. The van der Waals surface area contributed by atoms with E-state index in [4.69, 9.17) is 10.2 Å². The van der Waals surface area contributed by atoms with Gasteiger partial charge < -0.3 is 10.2 Å². The first-order chi connectivity index (χ1) is 7.23. The second-order valence-electron chi connectivity index (χ2n) is 5.30. The molecule has 0 fully saturated rings. The zero-order chi connectivity index (χ0) is 12.8. The average Bonchev–Trinajstić information content (AvgIpc) is 2.11. The van der Waals surface area contributed by atoms with Crippen LogP contribution in [-0.4, -0.2) is 22.2 Å². The van der Waals surface area contributed by atoms with Crippen molar-refractivity contribution in [1.29, 1.82) is 0 Å². The summed E-state index contributed by atoms with van der Waals surface area (Å²) in [5, 5.41) is 17.2. The molecule has 16 heavy (non-hydrogen) atoms. The summed E-state index contributed by atoms with van der Waals surface area (Å²) in [6, 6.07) is 0. The molecule has 4 heteroatoms. The van der Waals surface area contributed by atoms with Gasteiger partial charge in [-0.15, -0.1) is 0 Å². The number of carboxylic acids is 2. The largest absolute Gasteiger partial charge is 0.481 e. The third-order valence-corrected chi connectivity index (χ3v) is 2.77. The van der Waals surface area contributed by atoms with Gasteiger partial charge >= 0.3 is 11.9 Å². The van der Waals surface area contributed by atoms with Crippen molar-refractivity contribution in [1.82, 2.24) is 0 Å². The average molecular weight is 230 g/mol. The molecule has 0 rings (SSSR count). The van der Waals surface area contributed by atoms with Gasteiger partial charge in [0.2, 0.25) is 0 Å². The van der Waals surface area contributed by atoms with E-state index in [1.165, 1.54) is 0 Å². The molecule has 0 radical (unpaired) electrons. The first-order valence-corrected chi connectivity index (χ1v) is 5.66. The Morgan fingerprint density at radius 1 is 1.12 bits per heavy atom. The highest BCUT2D eigenvalue weighted by molar-refractivity contribution is 5.67. The molecule has 0 aliphatic heterocycles. The Bertz CT molecular complexity index is 245. The predicted octanol–water partition coefficient (Wildman–Crippen LogP) is 2.77. The van der Waals surface area contributed by atoms with Crippen molar-refractivity contribution < 1.29 is 19.8 Å². The van der Waals surface area contributed by atoms with Gasteiger partial charge in [0.05, 0.1) is 0 Å². The van der Waals surface area contributed by atoms with Crippen molar-refractivity contribution >= 4 is 11.9 Å². The molecule has 0 amide bonds. The molecule has 0 saturated carbocycles. The van der Waals surface area contributed by atoms with Crippen LogP contribution in [-0.2, 0) is 9.59 Å². The van der Waals surface area contributed by atoms with E-state index in [0.717, 1.165) is 6.42 Å². The Labute approximate surface area is 96.7 Å². The van der Waals surface area contributed by atoms with Gasteiger partial charge in [0, 0.05) is 12.8 Å². The van der Waals surface area contributed by atoms with Crippen molar-refractivity contribution in [3.63, 3.8) is 0 Å². The maximum atomic E-state index is 10.5. The van der Waals surface area contributed by atoms with Crippen LogP contribution >= 0.6 is 0 Å². The minimum Gasteiger partial charge on any atom is -0.481 e. The van der Waals surface area contributed by atoms with E-state index in [0.29, 0.717) is 18.8 Å². The first-order valence-electron chi connectivity index (χ1n) is 5.66. The molecule has 4 nitrogen and oxygen atoms in total. The summed E-state index contributed by atoms with van der Waals surface area (Å²) in [5.74, 6) is -1.22. The number of carboxylic acid groups (broad SMARTS) is 2. The van der Waals surface area contributed by atoms with E-state index in [1.807, 2.05) is 20.8 Å². The fourth-order valence-corrected chi connectivity index (χ4v) is 1.96. The molecule has 0 saturated heterocycles. The molecule has 0 aliphatic carbocycles. The van der Waals surface area contributed by atoms with Crippen LogP contribution < -0.4 is 0 Å². The Hall–Kier alpha value is -1.06. The van der Waals surface area contributed by atoms with Crippen LogP contribution in [0.5, 0.6) is 0 Å². The van der Waals surface area contributed by atoms with Crippen molar-refractivity contribution in [2.45, 2.75) is 52.9 Å². The predicted molar refractivity (Wildman–Crippen MR) is 61.3 cm³/mol. The molecule has 0 aliphatic rings. The SMILES string of the molecule is CC(CCC(=O)O)CC(C)(C)CCC(=O)O. The molecule has 1 atom stereocenters. The summed E-state index contributed by atoms with van der Waals surface area (Å²) in [6.45, 7) is 6.09.